The lowest BCUT2D eigenvalue weighted by Crippen LogP contribution is -2.35. The first-order valence-electron chi connectivity index (χ1n) is 8.41. The Morgan fingerprint density at radius 2 is 1.91 bits per heavy atom. The summed E-state index contributed by atoms with van der Waals surface area (Å²) < 4.78 is 2.22. The minimum atomic E-state index is 0.403. The van der Waals surface area contributed by atoms with Gasteiger partial charge in [-0.2, -0.15) is 0 Å². The predicted molar refractivity (Wildman–Crippen MR) is 90.7 cm³/mol. The highest BCUT2D eigenvalue weighted by atomic mass is 15.1. The maximum absolute atomic E-state index is 4.85. The molecule has 0 unspecified atom stereocenters. The van der Waals surface area contributed by atoms with Crippen LogP contribution in [0.4, 0.5) is 5.82 Å². The lowest BCUT2D eigenvalue weighted by Gasteiger charge is -2.25. The van der Waals surface area contributed by atoms with Crippen molar-refractivity contribution in [2.45, 2.75) is 58.4 Å². The van der Waals surface area contributed by atoms with Crippen LogP contribution in [0.2, 0.25) is 0 Å². The molecule has 3 rings (SSSR count). The quantitative estimate of drug-likeness (QED) is 0.911. The Bertz CT molecular complexity index is 638. The molecule has 0 bridgehead atoms. The van der Waals surface area contributed by atoms with Crippen LogP contribution in [0.1, 0.15) is 63.8 Å². The van der Waals surface area contributed by atoms with E-state index in [0.717, 1.165) is 43.1 Å². The first-order valence-corrected chi connectivity index (χ1v) is 8.41. The lowest BCUT2D eigenvalue weighted by molar-refractivity contribution is 0.478. The van der Waals surface area contributed by atoms with Crippen molar-refractivity contribution in [3.63, 3.8) is 0 Å². The second-order valence-electron chi connectivity index (χ2n) is 6.87. The van der Waals surface area contributed by atoms with Gasteiger partial charge in [0.05, 0.1) is 5.69 Å². The average molecular weight is 301 g/mol. The Morgan fingerprint density at radius 3 is 2.55 bits per heavy atom. The molecule has 0 aliphatic carbocycles. The third kappa shape index (κ3) is 2.95. The Labute approximate surface area is 132 Å². The number of hydrogen-bond acceptors (Lipinski definition) is 4. The topological polar surface area (TPSA) is 54.2 Å². The lowest BCUT2D eigenvalue weighted by atomic mass is 10.1. The molecule has 1 fully saturated rings. The smallest absolute Gasteiger partial charge is 0.180 e. The Morgan fingerprint density at radius 1 is 1.18 bits per heavy atom. The molecule has 1 aliphatic rings. The molecule has 5 nitrogen and oxygen atoms in total. The van der Waals surface area contributed by atoms with Gasteiger partial charge in [-0.3, -0.25) is 4.40 Å². The van der Waals surface area contributed by atoms with Crippen LogP contribution >= 0.6 is 0 Å². The normalized spacial score (nSPS) is 16.8. The highest BCUT2D eigenvalue weighted by Crippen LogP contribution is 2.25. The summed E-state index contributed by atoms with van der Waals surface area (Å²) in [6.45, 7) is 10.9. The van der Waals surface area contributed by atoms with E-state index in [9.17, 15) is 0 Å². The molecule has 2 aromatic heterocycles. The van der Waals surface area contributed by atoms with Gasteiger partial charge in [0, 0.05) is 24.1 Å². The van der Waals surface area contributed by atoms with Crippen LogP contribution in [0, 0.1) is 0 Å². The maximum atomic E-state index is 4.85. The summed E-state index contributed by atoms with van der Waals surface area (Å²) in [5.74, 6) is 1.79. The van der Waals surface area contributed by atoms with Crippen molar-refractivity contribution in [3.05, 3.63) is 23.8 Å². The van der Waals surface area contributed by atoms with Gasteiger partial charge in [0.1, 0.15) is 0 Å². The average Bonchev–Trinajstić information content (AvgIpc) is 2.92. The van der Waals surface area contributed by atoms with Gasteiger partial charge in [0.2, 0.25) is 0 Å². The van der Waals surface area contributed by atoms with Crippen molar-refractivity contribution in [2.75, 3.05) is 18.4 Å². The van der Waals surface area contributed by atoms with Gasteiger partial charge in [-0.05, 0) is 37.8 Å². The number of piperidine rings is 1. The van der Waals surface area contributed by atoms with E-state index in [2.05, 4.69) is 53.9 Å². The van der Waals surface area contributed by atoms with E-state index in [-0.39, 0.29) is 0 Å². The van der Waals surface area contributed by atoms with Gasteiger partial charge in [-0.25, -0.2) is 9.97 Å². The van der Waals surface area contributed by atoms with Crippen LogP contribution in [0.3, 0.4) is 0 Å². The summed E-state index contributed by atoms with van der Waals surface area (Å²) in [4.78, 5) is 9.48. The first-order chi connectivity index (χ1) is 10.6. The van der Waals surface area contributed by atoms with E-state index < -0.39 is 0 Å². The second-order valence-corrected chi connectivity index (χ2v) is 6.87. The van der Waals surface area contributed by atoms with E-state index in [1.807, 2.05) is 6.20 Å². The molecular formula is C17H27N5. The molecule has 120 valence electrons. The zero-order valence-electron chi connectivity index (χ0n) is 14.1. The fourth-order valence-electron chi connectivity index (χ4n) is 2.99. The molecule has 0 atom stereocenters. The number of imidazole rings is 1. The Kier molecular flexibility index (Phi) is 4.34. The molecule has 0 spiro atoms. The van der Waals surface area contributed by atoms with Gasteiger partial charge in [-0.1, -0.05) is 27.7 Å². The van der Waals surface area contributed by atoms with E-state index in [1.54, 1.807) is 0 Å². The molecule has 2 aromatic rings. The monoisotopic (exact) mass is 301 g/mol. The van der Waals surface area contributed by atoms with Gasteiger partial charge in [0.25, 0.3) is 0 Å². The summed E-state index contributed by atoms with van der Waals surface area (Å²) in [6, 6.07) is 0.485. The number of nitrogens with zero attached hydrogens (tertiary/aromatic N) is 3. The van der Waals surface area contributed by atoms with Crippen molar-refractivity contribution in [1.29, 1.82) is 0 Å². The fourth-order valence-corrected chi connectivity index (χ4v) is 2.99. The van der Waals surface area contributed by atoms with Crippen LogP contribution in [0.25, 0.3) is 5.65 Å². The molecular weight excluding hydrogens is 274 g/mol. The third-order valence-electron chi connectivity index (χ3n) is 4.40. The Hall–Kier alpha value is -1.62. The predicted octanol–water partition coefficient (Wildman–Crippen LogP) is 3.14. The summed E-state index contributed by atoms with van der Waals surface area (Å²) >= 11 is 0. The van der Waals surface area contributed by atoms with Gasteiger partial charge in [0.15, 0.2) is 11.5 Å². The van der Waals surface area contributed by atoms with E-state index in [4.69, 9.17) is 4.98 Å². The Balaban J connectivity index is 2.02. The minimum Gasteiger partial charge on any atom is -0.364 e. The van der Waals surface area contributed by atoms with Crippen LogP contribution in [-0.2, 0) is 0 Å². The molecule has 3 heterocycles. The zero-order valence-corrected chi connectivity index (χ0v) is 14.1. The fraction of sp³-hybridized carbons (Fsp3) is 0.647. The summed E-state index contributed by atoms with van der Waals surface area (Å²) in [7, 11) is 0. The summed E-state index contributed by atoms with van der Waals surface area (Å²) in [6.07, 6.45) is 6.41. The van der Waals surface area contributed by atoms with Crippen molar-refractivity contribution >= 4 is 11.5 Å². The van der Waals surface area contributed by atoms with Crippen LogP contribution in [-0.4, -0.2) is 33.5 Å². The number of rotatable bonds is 4. The molecule has 5 heteroatoms. The number of hydrogen-bond donors (Lipinski definition) is 2. The molecule has 1 saturated heterocycles. The standard InChI is InChI=1S/C17H27N5/c1-11(2)14-10-22-15(12(3)4)9-19-17(22)16(21-14)20-13-5-7-18-8-6-13/h9-13,18H,5-8H2,1-4H3,(H,20,21). The first kappa shape index (κ1) is 15.3. The van der Waals surface area contributed by atoms with E-state index >= 15 is 0 Å². The SMILES string of the molecule is CC(C)c1cn2c(C(C)C)cnc2c(NC2CCNCC2)n1. The second kappa shape index (κ2) is 6.24. The molecule has 0 amide bonds. The van der Waals surface area contributed by atoms with Gasteiger partial charge < -0.3 is 10.6 Å². The van der Waals surface area contributed by atoms with Crippen LogP contribution < -0.4 is 10.6 Å². The zero-order chi connectivity index (χ0) is 15.7. The van der Waals surface area contributed by atoms with Crippen molar-refractivity contribution in [3.8, 4) is 0 Å². The number of nitrogens with one attached hydrogen (secondary N) is 2. The molecule has 2 N–H and O–H groups in total. The largest absolute Gasteiger partial charge is 0.364 e. The third-order valence-corrected chi connectivity index (χ3v) is 4.40. The minimum absolute atomic E-state index is 0.403. The van der Waals surface area contributed by atoms with Crippen molar-refractivity contribution < 1.29 is 0 Å². The number of fused-ring (bicyclic) bond motifs is 1. The summed E-state index contributed by atoms with van der Waals surface area (Å²) in [5.41, 5.74) is 3.31. The summed E-state index contributed by atoms with van der Waals surface area (Å²) in [5, 5.41) is 7.04. The van der Waals surface area contributed by atoms with E-state index in [1.165, 1.54) is 5.69 Å². The number of anilines is 1. The van der Waals surface area contributed by atoms with Gasteiger partial charge >= 0.3 is 0 Å². The molecule has 0 saturated carbocycles. The molecule has 0 radical (unpaired) electrons. The molecule has 1 aliphatic heterocycles. The van der Waals surface area contributed by atoms with Crippen LogP contribution in [0.5, 0.6) is 0 Å². The maximum Gasteiger partial charge on any atom is 0.180 e. The van der Waals surface area contributed by atoms with Gasteiger partial charge in [-0.15, -0.1) is 0 Å². The number of aromatic nitrogens is 3. The van der Waals surface area contributed by atoms with Crippen molar-refractivity contribution in [1.82, 2.24) is 19.7 Å². The van der Waals surface area contributed by atoms with Crippen LogP contribution in [0.15, 0.2) is 12.4 Å². The molecule has 0 aromatic carbocycles. The van der Waals surface area contributed by atoms with E-state index in [0.29, 0.717) is 17.9 Å². The highest BCUT2D eigenvalue weighted by Gasteiger charge is 2.18. The highest BCUT2D eigenvalue weighted by molar-refractivity contribution is 5.64. The van der Waals surface area contributed by atoms with Crippen molar-refractivity contribution in [2.24, 2.45) is 0 Å². The molecule has 22 heavy (non-hydrogen) atoms.